The molecule has 0 fully saturated rings. The van der Waals surface area contributed by atoms with Gasteiger partial charge in [-0.3, -0.25) is 4.79 Å². The lowest BCUT2D eigenvalue weighted by atomic mass is 9.91. The molecule has 100 valence electrons. The van der Waals surface area contributed by atoms with Crippen molar-refractivity contribution in [3.05, 3.63) is 35.9 Å². The molecule has 1 rings (SSSR count). The highest BCUT2D eigenvalue weighted by Crippen LogP contribution is 2.18. The van der Waals surface area contributed by atoms with Crippen molar-refractivity contribution >= 4 is 5.97 Å². The molecule has 0 saturated carbocycles. The van der Waals surface area contributed by atoms with Crippen molar-refractivity contribution in [2.75, 3.05) is 6.54 Å². The average molecular weight is 249 g/mol. The van der Waals surface area contributed by atoms with E-state index in [1.54, 1.807) is 0 Å². The van der Waals surface area contributed by atoms with Gasteiger partial charge in [-0.1, -0.05) is 43.7 Å². The summed E-state index contributed by atoms with van der Waals surface area (Å²) in [7, 11) is 0. The van der Waals surface area contributed by atoms with Crippen LogP contribution in [0.25, 0.3) is 0 Å². The number of carboxylic acid groups (broad SMARTS) is 1. The number of hydrogen-bond acceptors (Lipinski definition) is 2. The molecule has 0 bridgehead atoms. The number of carboxylic acids is 1. The largest absolute Gasteiger partial charge is 0.481 e. The van der Waals surface area contributed by atoms with Crippen LogP contribution in [0.4, 0.5) is 0 Å². The van der Waals surface area contributed by atoms with E-state index in [9.17, 15) is 4.79 Å². The zero-order valence-electron chi connectivity index (χ0n) is 11.0. The normalized spacial score (nSPS) is 14.1. The van der Waals surface area contributed by atoms with Crippen molar-refractivity contribution in [2.45, 2.75) is 32.6 Å². The second-order valence-corrected chi connectivity index (χ2v) is 4.99. The van der Waals surface area contributed by atoms with Gasteiger partial charge in [0.1, 0.15) is 0 Å². The fourth-order valence-electron chi connectivity index (χ4n) is 2.20. The Bertz CT molecular complexity index is 351. The SMILES string of the molecule is C[C@@H](CCCc1ccccc1)C[C@H](CN)C(=O)O. The van der Waals surface area contributed by atoms with Gasteiger partial charge in [-0.05, 0) is 30.7 Å². The minimum Gasteiger partial charge on any atom is -0.481 e. The fraction of sp³-hybridized carbons (Fsp3) is 0.533. The van der Waals surface area contributed by atoms with Crippen molar-refractivity contribution < 1.29 is 9.90 Å². The molecule has 0 saturated heterocycles. The maximum absolute atomic E-state index is 10.9. The monoisotopic (exact) mass is 249 g/mol. The molecule has 2 atom stereocenters. The van der Waals surface area contributed by atoms with Gasteiger partial charge in [-0.2, -0.15) is 0 Å². The maximum atomic E-state index is 10.9. The zero-order chi connectivity index (χ0) is 13.4. The Balaban J connectivity index is 2.25. The predicted octanol–water partition coefficient (Wildman–Crippen LogP) is 2.69. The van der Waals surface area contributed by atoms with Crippen molar-refractivity contribution in [1.29, 1.82) is 0 Å². The highest BCUT2D eigenvalue weighted by Gasteiger charge is 2.18. The lowest BCUT2D eigenvalue weighted by Gasteiger charge is -2.15. The highest BCUT2D eigenvalue weighted by atomic mass is 16.4. The third-order valence-electron chi connectivity index (χ3n) is 3.33. The number of hydrogen-bond donors (Lipinski definition) is 2. The summed E-state index contributed by atoms with van der Waals surface area (Å²) in [5.74, 6) is -0.748. The molecule has 0 aliphatic heterocycles. The Morgan fingerprint density at radius 1 is 1.33 bits per heavy atom. The maximum Gasteiger partial charge on any atom is 0.307 e. The summed E-state index contributed by atoms with van der Waals surface area (Å²) in [6, 6.07) is 10.4. The Labute approximate surface area is 109 Å². The molecule has 1 aromatic carbocycles. The summed E-state index contributed by atoms with van der Waals surface area (Å²) in [5, 5.41) is 8.95. The van der Waals surface area contributed by atoms with Crippen LogP contribution in [0.1, 0.15) is 31.7 Å². The molecular weight excluding hydrogens is 226 g/mol. The Morgan fingerprint density at radius 3 is 2.56 bits per heavy atom. The van der Waals surface area contributed by atoms with E-state index in [0.717, 1.165) is 19.3 Å². The van der Waals surface area contributed by atoms with Gasteiger partial charge < -0.3 is 10.8 Å². The zero-order valence-corrected chi connectivity index (χ0v) is 11.0. The average Bonchev–Trinajstić information content (AvgIpc) is 2.37. The van der Waals surface area contributed by atoms with E-state index in [4.69, 9.17) is 10.8 Å². The van der Waals surface area contributed by atoms with Crippen LogP contribution in [-0.4, -0.2) is 17.6 Å². The van der Waals surface area contributed by atoms with Crippen LogP contribution in [0.3, 0.4) is 0 Å². The van der Waals surface area contributed by atoms with E-state index in [2.05, 4.69) is 19.1 Å². The number of aryl methyl sites for hydroxylation is 1. The van der Waals surface area contributed by atoms with Crippen LogP contribution in [0.15, 0.2) is 30.3 Å². The van der Waals surface area contributed by atoms with Crippen LogP contribution in [0.5, 0.6) is 0 Å². The van der Waals surface area contributed by atoms with Gasteiger partial charge in [0.05, 0.1) is 5.92 Å². The Morgan fingerprint density at radius 2 is 2.00 bits per heavy atom. The number of benzene rings is 1. The van der Waals surface area contributed by atoms with E-state index < -0.39 is 11.9 Å². The number of nitrogens with two attached hydrogens (primary N) is 1. The summed E-state index contributed by atoms with van der Waals surface area (Å²) in [4.78, 5) is 10.9. The first-order valence-corrected chi connectivity index (χ1v) is 6.60. The molecule has 0 aromatic heterocycles. The standard InChI is InChI=1S/C15H23NO2/c1-12(10-14(11-16)15(17)18)6-5-9-13-7-3-2-4-8-13/h2-4,7-8,12,14H,5-6,9-11,16H2,1H3,(H,17,18)/t12-,14+/m0/s1. The van der Waals surface area contributed by atoms with E-state index in [0.29, 0.717) is 12.3 Å². The summed E-state index contributed by atoms with van der Waals surface area (Å²) in [5.41, 5.74) is 6.81. The van der Waals surface area contributed by atoms with Crippen molar-refractivity contribution in [3.63, 3.8) is 0 Å². The van der Waals surface area contributed by atoms with Crippen LogP contribution >= 0.6 is 0 Å². The summed E-state index contributed by atoms with van der Waals surface area (Å²) >= 11 is 0. The Kier molecular flexibility index (Phi) is 6.44. The van der Waals surface area contributed by atoms with E-state index in [1.807, 2.05) is 18.2 Å². The summed E-state index contributed by atoms with van der Waals surface area (Å²) < 4.78 is 0. The minimum absolute atomic E-state index is 0.234. The number of carbonyl (C=O) groups is 1. The van der Waals surface area contributed by atoms with E-state index >= 15 is 0 Å². The van der Waals surface area contributed by atoms with Crippen LogP contribution in [0, 0.1) is 11.8 Å². The van der Waals surface area contributed by atoms with Crippen LogP contribution in [-0.2, 0) is 11.2 Å². The molecule has 3 N–H and O–H groups in total. The van der Waals surface area contributed by atoms with E-state index in [-0.39, 0.29) is 6.54 Å². The lowest BCUT2D eigenvalue weighted by Crippen LogP contribution is -2.25. The Hall–Kier alpha value is -1.35. The van der Waals surface area contributed by atoms with Crippen LogP contribution in [0.2, 0.25) is 0 Å². The first kappa shape index (κ1) is 14.7. The van der Waals surface area contributed by atoms with Gasteiger partial charge in [0.25, 0.3) is 0 Å². The second-order valence-electron chi connectivity index (χ2n) is 4.99. The topological polar surface area (TPSA) is 63.3 Å². The smallest absolute Gasteiger partial charge is 0.307 e. The molecule has 0 aliphatic rings. The van der Waals surface area contributed by atoms with E-state index in [1.165, 1.54) is 5.56 Å². The number of aliphatic carboxylic acids is 1. The van der Waals surface area contributed by atoms with Crippen molar-refractivity contribution in [1.82, 2.24) is 0 Å². The van der Waals surface area contributed by atoms with Gasteiger partial charge in [0, 0.05) is 6.54 Å². The summed E-state index contributed by atoms with van der Waals surface area (Å²) in [6.45, 7) is 2.34. The van der Waals surface area contributed by atoms with Gasteiger partial charge in [0.15, 0.2) is 0 Å². The molecule has 3 heteroatoms. The second kappa shape index (κ2) is 7.88. The molecular formula is C15H23NO2. The quantitative estimate of drug-likeness (QED) is 0.744. The molecule has 0 aliphatic carbocycles. The van der Waals surface area contributed by atoms with Crippen molar-refractivity contribution in [2.24, 2.45) is 17.6 Å². The van der Waals surface area contributed by atoms with Crippen molar-refractivity contribution in [3.8, 4) is 0 Å². The molecule has 3 nitrogen and oxygen atoms in total. The molecule has 0 spiro atoms. The van der Waals surface area contributed by atoms with Gasteiger partial charge in [0.2, 0.25) is 0 Å². The third kappa shape index (κ3) is 5.32. The molecule has 18 heavy (non-hydrogen) atoms. The number of rotatable bonds is 8. The molecule has 0 radical (unpaired) electrons. The first-order valence-electron chi connectivity index (χ1n) is 6.60. The molecule has 0 unspecified atom stereocenters. The van der Waals surface area contributed by atoms with Crippen LogP contribution < -0.4 is 5.73 Å². The van der Waals surface area contributed by atoms with Gasteiger partial charge >= 0.3 is 5.97 Å². The predicted molar refractivity (Wildman–Crippen MR) is 73.3 cm³/mol. The molecule has 1 aromatic rings. The molecule has 0 amide bonds. The highest BCUT2D eigenvalue weighted by molar-refractivity contribution is 5.70. The van der Waals surface area contributed by atoms with Gasteiger partial charge in [-0.15, -0.1) is 0 Å². The third-order valence-corrected chi connectivity index (χ3v) is 3.33. The minimum atomic E-state index is -0.771. The first-order chi connectivity index (χ1) is 8.63. The summed E-state index contributed by atoms with van der Waals surface area (Å²) in [6.07, 6.45) is 3.90. The molecule has 0 heterocycles. The van der Waals surface area contributed by atoms with Gasteiger partial charge in [-0.25, -0.2) is 0 Å². The fourth-order valence-corrected chi connectivity index (χ4v) is 2.20. The lowest BCUT2D eigenvalue weighted by molar-refractivity contribution is -0.141.